The number of thioether (sulfide) groups is 1. The topological polar surface area (TPSA) is 90.1 Å². The fourth-order valence-electron chi connectivity index (χ4n) is 2.87. The van der Waals surface area contributed by atoms with E-state index in [4.69, 9.17) is 0 Å². The third-order valence-corrected chi connectivity index (χ3v) is 4.81. The standard InChI is InChI=1S/C16H27N5O2S/c1-11-10-15(20-19-11)21-7-4-13(5-8-21)18-16(23)14(6-9-24-3)17-12(2)22/h10,13-14H,4-9H2,1-3H3,(H,17,22)(H,18,23)(H,19,20). The van der Waals surface area contributed by atoms with E-state index in [2.05, 4.69) is 25.7 Å². The number of anilines is 1. The van der Waals surface area contributed by atoms with Gasteiger partial charge in [0.25, 0.3) is 0 Å². The highest BCUT2D eigenvalue weighted by Crippen LogP contribution is 2.18. The van der Waals surface area contributed by atoms with Crippen molar-refractivity contribution in [2.75, 3.05) is 30.0 Å². The zero-order valence-electron chi connectivity index (χ0n) is 14.6. The lowest BCUT2D eigenvalue weighted by molar-refractivity contribution is -0.128. The van der Waals surface area contributed by atoms with Crippen LogP contribution in [0, 0.1) is 6.92 Å². The minimum absolute atomic E-state index is 0.0756. The summed E-state index contributed by atoms with van der Waals surface area (Å²) in [7, 11) is 0. The summed E-state index contributed by atoms with van der Waals surface area (Å²) < 4.78 is 0. The van der Waals surface area contributed by atoms with E-state index in [1.165, 1.54) is 6.92 Å². The number of nitrogens with zero attached hydrogens (tertiary/aromatic N) is 2. The van der Waals surface area contributed by atoms with E-state index < -0.39 is 6.04 Å². The van der Waals surface area contributed by atoms with E-state index in [1.54, 1.807) is 11.8 Å². The van der Waals surface area contributed by atoms with Crippen molar-refractivity contribution in [2.24, 2.45) is 0 Å². The largest absolute Gasteiger partial charge is 0.355 e. The molecule has 2 rings (SSSR count). The summed E-state index contributed by atoms with van der Waals surface area (Å²) in [4.78, 5) is 26.0. The molecule has 1 fully saturated rings. The molecule has 0 bridgehead atoms. The highest BCUT2D eigenvalue weighted by Gasteiger charge is 2.25. The smallest absolute Gasteiger partial charge is 0.242 e. The van der Waals surface area contributed by atoms with Crippen molar-refractivity contribution in [3.05, 3.63) is 11.8 Å². The highest BCUT2D eigenvalue weighted by molar-refractivity contribution is 7.98. The highest BCUT2D eigenvalue weighted by atomic mass is 32.2. The number of aromatic amines is 1. The van der Waals surface area contributed by atoms with Crippen LogP contribution in [0.15, 0.2) is 6.07 Å². The Balaban J connectivity index is 1.82. The molecule has 7 nitrogen and oxygen atoms in total. The van der Waals surface area contributed by atoms with E-state index in [0.717, 1.165) is 43.2 Å². The Kier molecular flexibility index (Phi) is 6.96. The number of hydrogen-bond acceptors (Lipinski definition) is 5. The van der Waals surface area contributed by atoms with E-state index in [9.17, 15) is 9.59 Å². The number of hydrogen-bond donors (Lipinski definition) is 3. The molecule has 0 saturated carbocycles. The lowest BCUT2D eigenvalue weighted by atomic mass is 10.0. The van der Waals surface area contributed by atoms with E-state index in [1.807, 2.05) is 19.2 Å². The Hall–Kier alpha value is -1.70. The van der Waals surface area contributed by atoms with Gasteiger partial charge in [0.05, 0.1) is 0 Å². The normalized spacial score (nSPS) is 16.7. The molecule has 1 saturated heterocycles. The summed E-state index contributed by atoms with van der Waals surface area (Å²) in [5.41, 5.74) is 1.05. The first-order valence-corrected chi connectivity index (χ1v) is 9.72. The van der Waals surface area contributed by atoms with Gasteiger partial charge >= 0.3 is 0 Å². The van der Waals surface area contributed by atoms with Crippen LogP contribution < -0.4 is 15.5 Å². The molecule has 1 atom stereocenters. The minimum atomic E-state index is -0.443. The molecule has 0 aliphatic carbocycles. The molecule has 8 heteroatoms. The van der Waals surface area contributed by atoms with Gasteiger partial charge in [-0.2, -0.15) is 16.9 Å². The number of carbonyl (C=O) groups is 2. The van der Waals surface area contributed by atoms with Crippen molar-refractivity contribution in [1.82, 2.24) is 20.8 Å². The van der Waals surface area contributed by atoms with Gasteiger partial charge in [0.2, 0.25) is 11.8 Å². The second-order valence-corrected chi connectivity index (χ2v) is 7.20. The lowest BCUT2D eigenvalue weighted by Gasteiger charge is -2.33. The van der Waals surface area contributed by atoms with E-state index in [-0.39, 0.29) is 17.9 Å². The Morgan fingerprint density at radius 2 is 2.17 bits per heavy atom. The van der Waals surface area contributed by atoms with Crippen molar-refractivity contribution in [1.29, 1.82) is 0 Å². The maximum absolute atomic E-state index is 12.4. The minimum Gasteiger partial charge on any atom is -0.355 e. The number of aromatic nitrogens is 2. The van der Waals surface area contributed by atoms with Crippen LogP contribution in [0.5, 0.6) is 0 Å². The second kappa shape index (κ2) is 8.96. The van der Waals surface area contributed by atoms with Crippen LogP contribution >= 0.6 is 11.8 Å². The van der Waals surface area contributed by atoms with Gasteiger partial charge in [-0.3, -0.25) is 14.7 Å². The van der Waals surface area contributed by atoms with Gasteiger partial charge in [0.1, 0.15) is 6.04 Å². The average molecular weight is 353 g/mol. The fourth-order valence-corrected chi connectivity index (χ4v) is 3.34. The Labute approximate surface area is 147 Å². The summed E-state index contributed by atoms with van der Waals surface area (Å²) in [6, 6.07) is 1.75. The summed E-state index contributed by atoms with van der Waals surface area (Å²) in [6.07, 6.45) is 4.41. The molecule has 24 heavy (non-hydrogen) atoms. The number of piperidine rings is 1. The van der Waals surface area contributed by atoms with Gasteiger partial charge in [-0.25, -0.2) is 0 Å². The average Bonchev–Trinajstić information content (AvgIpc) is 2.98. The number of carbonyl (C=O) groups excluding carboxylic acids is 2. The summed E-state index contributed by atoms with van der Waals surface area (Å²) in [5, 5.41) is 13.1. The van der Waals surface area contributed by atoms with Crippen LogP contribution in [-0.2, 0) is 9.59 Å². The molecule has 1 aliphatic heterocycles. The number of nitrogens with one attached hydrogen (secondary N) is 3. The first kappa shape index (κ1) is 18.6. The third kappa shape index (κ3) is 5.43. The van der Waals surface area contributed by atoms with Crippen LogP contribution in [0.3, 0.4) is 0 Å². The Morgan fingerprint density at radius 1 is 1.46 bits per heavy atom. The van der Waals surface area contributed by atoms with Crippen molar-refractivity contribution in [2.45, 2.75) is 45.2 Å². The summed E-state index contributed by atoms with van der Waals surface area (Å²) in [6.45, 7) is 5.17. The molecule has 1 aliphatic rings. The predicted octanol–water partition coefficient (Wildman–Crippen LogP) is 1.06. The fraction of sp³-hybridized carbons (Fsp3) is 0.688. The molecule has 0 aromatic carbocycles. The van der Waals surface area contributed by atoms with Gasteiger partial charge in [-0.1, -0.05) is 0 Å². The molecular formula is C16H27N5O2S. The van der Waals surface area contributed by atoms with Crippen molar-refractivity contribution in [3.8, 4) is 0 Å². The molecule has 2 heterocycles. The molecule has 3 N–H and O–H groups in total. The zero-order valence-corrected chi connectivity index (χ0v) is 15.4. The van der Waals surface area contributed by atoms with Gasteiger partial charge in [-0.15, -0.1) is 0 Å². The first-order valence-electron chi connectivity index (χ1n) is 8.33. The van der Waals surface area contributed by atoms with Crippen LogP contribution in [0.4, 0.5) is 5.82 Å². The van der Waals surface area contributed by atoms with Gasteiger partial charge in [-0.05, 0) is 38.2 Å². The third-order valence-electron chi connectivity index (χ3n) is 4.16. The number of rotatable bonds is 7. The molecular weight excluding hydrogens is 326 g/mol. The van der Waals surface area contributed by atoms with Gasteiger partial charge in [0, 0.05) is 37.8 Å². The number of aryl methyl sites for hydroxylation is 1. The molecule has 134 valence electrons. The quantitative estimate of drug-likeness (QED) is 0.682. The Morgan fingerprint density at radius 3 is 2.71 bits per heavy atom. The molecule has 1 unspecified atom stereocenters. The van der Waals surface area contributed by atoms with Crippen molar-refractivity contribution < 1.29 is 9.59 Å². The lowest BCUT2D eigenvalue weighted by Crippen LogP contribution is -2.52. The SMILES string of the molecule is CSCCC(NC(C)=O)C(=O)NC1CCN(c2cc(C)[nH]n2)CC1. The zero-order chi connectivity index (χ0) is 17.5. The second-order valence-electron chi connectivity index (χ2n) is 6.21. The van der Waals surface area contributed by atoms with Gasteiger partial charge < -0.3 is 15.5 Å². The molecule has 1 aromatic rings. The van der Waals surface area contributed by atoms with E-state index in [0.29, 0.717) is 6.42 Å². The Bertz CT molecular complexity index is 554. The predicted molar refractivity (Wildman–Crippen MR) is 97.3 cm³/mol. The first-order chi connectivity index (χ1) is 11.5. The molecule has 0 spiro atoms. The summed E-state index contributed by atoms with van der Waals surface area (Å²) >= 11 is 1.67. The number of H-pyrrole nitrogens is 1. The van der Waals surface area contributed by atoms with Crippen molar-refractivity contribution >= 4 is 29.4 Å². The monoisotopic (exact) mass is 353 g/mol. The van der Waals surface area contributed by atoms with E-state index >= 15 is 0 Å². The van der Waals surface area contributed by atoms with Crippen LogP contribution in [-0.4, -0.2) is 59.2 Å². The molecule has 0 radical (unpaired) electrons. The summed E-state index contributed by atoms with van der Waals surface area (Å²) in [5.74, 6) is 1.57. The molecule has 1 aromatic heterocycles. The van der Waals surface area contributed by atoms with Crippen LogP contribution in [0.25, 0.3) is 0 Å². The van der Waals surface area contributed by atoms with Crippen LogP contribution in [0.2, 0.25) is 0 Å². The number of amides is 2. The van der Waals surface area contributed by atoms with Crippen LogP contribution in [0.1, 0.15) is 31.9 Å². The van der Waals surface area contributed by atoms with Crippen molar-refractivity contribution in [3.63, 3.8) is 0 Å². The maximum Gasteiger partial charge on any atom is 0.242 e. The van der Waals surface area contributed by atoms with Gasteiger partial charge in [0.15, 0.2) is 5.82 Å². The molecule has 2 amide bonds. The maximum atomic E-state index is 12.4.